The molecule has 2 amide bonds. The number of carbonyl (C=O) groups excluding carboxylic acids is 2. The van der Waals surface area contributed by atoms with Gasteiger partial charge in [-0.15, -0.1) is 0 Å². The lowest BCUT2D eigenvalue weighted by Gasteiger charge is -2.14. The first kappa shape index (κ1) is 22.4. The molecular weight excluding hydrogens is 386 g/mol. The van der Waals surface area contributed by atoms with Crippen molar-refractivity contribution in [3.63, 3.8) is 0 Å². The van der Waals surface area contributed by atoms with Crippen LogP contribution in [0.1, 0.15) is 47.9 Å². The summed E-state index contributed by atoms with van der Waals surface area (Å²) in [5.41, 5.74) is 1.65. The van der Waals surface area contributed by atoms with Gasteiger partial charge in [0.2, 0.25) is 0 Å². The number of anilines is 1. The maximum atomic E-state index is 12.6. The number of nitrogens with one attached hydrogen (secondary N) is 3. The lowest BCUT2D eigenvalue weighted by molar-refractivity contribution is 0.0950. The molecule has 0 bridgehead atoms. The molecule has 0 radical (unpaired) electrons. The van der Waals surface area contributed by atoms with Gasteiger partial charge >= 0.3 is 0 Å². The number of thiocarbonyl (C=S) groups is 1. The molecule has 0 saturated heterocycles. The zero-order chi connectivity index (χ0) is 21.2. The largest absolute Gasteiger partial charge is 0.492 e. The summed E-state index contributed by atoms with van der Waals surface area (Å²) in [4.78, 5) is 24.5. The van der Waals surface area contributed by atoms with E-state index in [2.05, 4.69) is 16.0 Å². The number of rotatable bonds is 8. The highest BCUT2D eigenvalue weighted by molar-refractivity contribution is 7.80. The fourth-order valence-corrected chi connectivity index (χ4v) is 2.63. The number of hydrogen-bond acceptors (Lipinski definition) is 4. The second-order valence-electron chi connectivity index (χ2n) is 6.94. The first-order valence-corrected chi connectivity index (χ1v) is 10.0. The van der Waals surface area contributed by atoms with E-state index in [9.17, 15) is 9.59 Å². The van der Waals surface area contributed by atoms with Crippen LogP contribution in [-0.4, -0.2) is 30.1 Å². The second kappa shape index (κ2) is 11.2. The lowest BCUT2D eigenvalue weighted by atomic mass is 10.2. The minimum absolute atomic E-state index is 0.118. The SMILES string of the molecule is CCCNC(=O)c1ccc(NC(=S)NC(=O)c2ccccc2OCC(C)C)cc1. The molecule has 2 rings (SSSR count). The van der Waals surface area contributed by atoms with E-state index in [4.69, 9.17) is 17.0 Å². The van der Waals surface area contributed by atoms with E-state index in [1.165, 1.54) is 0 Å². The maximum absolute atomic E-state index is 12.6. The first-order chi connectivity index (χ1) is 13.9. The highest BCUT2D eigenvalue weighted by atomic mass is 32.1. The van der Waals surface area contributed by atoms with Crippen molar-refractivity contribution in [2.45, 2.75) is 27.2 Å². The van der Waals surface area contributed by atoms with Gasteiger partial charge in [0.1, 0.15) is 5.75 Å². The van der Waals surface area contributed by atoms with Crippen molar-refractivity contribution in [2.24, 2.45) is 5.92 Å². The topological polar surface area (TPSA) is 79.5 Å². The van der Waals surface area contributed by atoms with Gasteiger partial charge in [-0.05, 0) is 61.0 Å². The fourth-order valence-electron chi connectivity index (χ4n) is 2.41. The normalized spacial score (nSPS) is 10.3. The minimum Gasteiger partial charge on any atom is -0.492 e. The third-order valence-electron chi connectivity index (χ3n) is 3.87. The van der Waals surface area contributed by atoms with Gasteiger partial charge in [-0.3, -0.25) is 14.9 Å². The van der Waals surface area contributed by atoms with Crippen molar-refractivity contribution in [3.8, 4) is 5.75 Å². The Kier molecular flexibility index (Phi) is 8.61. The highest BCUT2D eigenvalue weighted by Gasteiger charge is 2.14. The van der Waals surface area contributed by atoms with Crippen molar-refractivity contribution in [3.05, 3.63) is 59.7 Å². The van der Waals surface area contributed by atoms with Crippen LogP contribution in [0.3, 0.4) is 0 Å². The Morgan fingerprint density at radius 3 is 2.38 bits per heavy atom. The van der Waals surface area contributed by atoms with Gasteiger partial charge in [0, 0.05) is 17.8 Å². The van der Waals surface area contributed by atoms with Gasteiger partial charge in [0.05, 0.1) is 12.2 Å². The molecule has 0 aliphatic rings. The zero-order valence-corrected chi connectivity index (χ0v) is 17.8. The Balaban J connectivity index is 1.95. The Morgan fingerprint density at radius 1 is 1.03 bits per heavy atom. The summed E-state index contributed by atoms with van der Waals surface area (Å²) in [6.45, 7) is 7.24. The molecule has 6 nitrogen and oxygen atoms in total. The van der Waals surface area contributed by atoms with Crippen molar-refractivity contribution in [1.82, 2.24) is 10.6 Å². The van der Waals surface area contributed by atoms with Crippen LogP contribution in [0.4, 0.5) is 5.69 Å². The molecule has 0 aromatic heterocycles. The number of para-hydroxylation sites is 1. The van der Waals surface area contributed by atoms with Crippen LogP contribution in [0.25, 0.3) is 0 Å². The Labute approximate surface area is 177 Å². The van der Waals surface area contributed by atoms with E-state index in [1.807, 2.05) is 26.8 Å². The van der Waals surface area contributed by atoms with E-state index in [0.29, 0.717) is 41.6 Å². The van der Waals surface area contributed by atoms with Crippen LogP contribution in [0.2, 0.25) is 0 Å². The summed E-state index contributed by atoms with van der Waals surface area (Å²) in [6.07, 6.45) is 0.880. The van der Waals surface area contributed by atoms with Gasteiger partial charge in [0.25, 0.3) is 11.8 Å². The monoisotopic (exact) mass is 413 g/mol. The summed E-state index contributed by atoms with van der Waals surface area (Å²) < 4.78 is 5.72. The quantitative estimate of drug-likeness (QED) is 0.571. The van der Waals surface area contributed by atoms with E-state index in [1.54, 1.807) is 42.5 Å². The molecule has 0 unspecified atom stereocenters. The number of benzene rings is 2. The smallest absolute Gasteiger partial charge is 0.261 e. The third-order valence-corrected chi connectivity index (χ3v) is 4.08. The summed E-state index contributed by atoms with van der Waals surface area (Å²) in [5.74, 6) is 0.398. The number of ether oxygens (including phenoxy) is 1. The molecule has 154 valence electrons. The predicted molar refractivity (Wildman–Crippen MR) is 120 cm³/mol. The van der Waals surface area contributed by atoms with E-state index in [-0.39, 0.29) is 16.9 Å². The molecule has 0 spiro atoms. The van der Waals surface area contributed by atoms with Crippen LogP contribution in [-0.2, 0) is 0 Å². The van der Waals surface area contributed by atoms with Crippen LogP contribution in [0.15, 0.2) is 48.5 Å². The van der Waals surface area contributed by atoms with Crippen molar-refractivity contribution < 1.29 is 14.3 Å². The summed E-state index contributed by atoms with van der Waals surface area (Å²) in [7, 11) is 0. The maximum Gasteiger partial charge on any atom is 0.261 e. The average molecular weight is 414 g/mol. The average Bonchev–Trinajstić information content (AvgIpc) is 2.71. The molecule has 3 N–H and O–H groups in total. The number of amides is 2. The van der Waals surface area contributed by atoms with Crippen molar-refractivity contribution in [2.75, 3.05) is 18.5 Å². The first-order valence-electron chi connectivity index (χ1n) is 9.63. The van der Waals surface area contributed by atoms with Gasteiger partial charge in [-0.2, -0.15) is 0 Å². The summed E-state index contributed by atoms with van der Waals surface area (Å²) in [5, 5.41) is 8.59. The van der Waals surface area contributed by atoms with E-state index < -0.39 is 0 Å². The standard InChI is InChI=1S/C22H27N3O3S/c1-4-13-23-20(26)16-9-11-17(12-10-16)24-22(29)25-21(27)18-7-5-6-8-19(18)28-14-15(2)3/h5-12,15H,4,13-14H2,1-3H3,(H,23,26)(H2,24,25,27,29). The van der Waals surface area contributed by atoms with Gasteiger partial charge in [0.15, 0.2) is 5.11 Å². The van der Waals surface area contributed by atoms with Crippen molar-refractivity contribution >= 4 is 34.8 Å². The van der Waals surface area contributed by atoms with Crippen LogP contribution in [0, 0.1) is 5.92 Å². The molecule has 0 fully saturated rings. The molecule has 0 saturated carbocycles. The number of hydrogen-bond donors (Lipinski definition) is 3. The molecule has 0 heterocycles. The molecule has 29 heavy (non-hydrogen) atoms. The van der Waals surface area contributed by atoms with Gasteiger partial charge in [-0.1, -0.05) is 32.9 Å². The van der Waals surface area contributed by atoms with Crippen LogP contribution >= 0.6 is 12.2 Å². The minimum atomic E-state index is -0.350. The Hall–Kier alpha value is -2.93. The van der Waals surface area contributed by atoms with Crippen LogP contribution < -0.4 is 20.7 Å². The molecule has 0 aliphatic carbocycles. The molecule has 2 aromatic carbocycles. The zero-order valence-electron chi connectivity index (χ0n) is 17.0. The fraction of sp³-hybridized carbons (Fsp3) is 0.318. The lowest BCUT2D eigenvalue weighted by Crippen LogP contribution is -2.34. The molecule has 0 atom stereocenters. The van der Waals surface area contributed by atoms with Gasteiger partial charge in [-0.25, -0.2) is 0 Å². The van der Waals surface area contributed by atoms with Crippen molar-refractivity contribution in [1.29, 1.82) is 0 Å². The second-order valence-corrected chi connectivity index (χ2v) is 7.35. The summed E-state index contributed by atoms with van der Waals surface area (Å²) >= 11 is 5.24. The summed E-state index contributed by atoms with van der Waals surface area (Å²) in [6, 6.07) is 13.9. The van der Waals surface area contributed by atoms with E-state index >= 15 is 0 Å². The Bertz CT molecular complexity index is 851. The molecule has 2 aromatic rings. The highest BCUT2D eigenvalue weighted by Crippen LogP contribution is 2.19. The van der Waals surface area contributed by atoms with E-state index in [0.717, 1.165) is 6.42 Å². The van der Waals surface area contributed by atoms with Gasteiger partial charge < -0.3 is 15.4 Å². The van der Waals surface area contributed by atoms with Crippen LogP contribution in [0.5, 0.6) is 5.75 Å². The molecular formula is C22H27N3O3S. The molecule has 7 heteroatoms. The molecule has 0 aliphatic heterocycles. The third kappa shape index (κ3) is 7.19. The Morgan fingerprint density at radius 2 is 1.72 bits per heavy atom. The predicted octanol–water partition coefficient (Wildman–Crippen LogP) is 3.99. The number of carbonyl (C=O) groups is 2.